The molecule has 1 aliphatic heterocycles. The van der Waals surface area contributed by atoms with Gasteiger partial charge in [0.25, 0.3) is 5.91 Å². The molecule has 1 unspecified atom stereocenters. The molecule has 1 N–H and O–H groups in total. The smallest absolute Gasteiger partial charge is 0.252 e. The van der Waals surface area contributed by atoms with Crippen LogP contribution in [-0.2, 0) is 4.79 Å². The van der Waals surface area contributed by atoms with Crippen molar-refractivity contribution in [3.05, 3.63) is 0 Å². The molecule has 0 aliphatic carbocycles. The van der Waals surface area contributed by atoms with Gasteiger partial charge in [-0.05, 0) is 6.42 Å². The molecule has 3 nitrogen and oxygen atoms in total. The van der Waals surface area contributed by atoms with Gasteiger partial charge in [-0.1, -0.05) is 6.92 Å². The van der Waals surface area contributed by atoms with Gasteiger partial charge in [0, 0.05) is 12.3 Å². The molecule has 0 aromatic carbocycles. The first kappa shape index (κ1) is 8.87. The molecule has 0 aromatic rings. The Kier molecular flexibility index (Phi) is 3.20. The van der Waals surface area contributed by atoms with Crippen LogP contribution in [0.4, 0.5) is 0 Å². The Bertz CT molecular complexity index is 145. The predicted molar refractivity (Wildman–Crippen MR) is 45.3 cm³/mol. The quantitative estimate of drug-likeness (QED) is 0.656. The lowest BCUT2D eigenvalue weighted by Gasteiger charge is -2.17. The number of carbonyl (C=O) groups is 1. The molecular formula is C7H13NO2S. The van der Waals surface area contributed by atoms with Crippen molar-refractivity contribution in [2.75, 3.05) is 18.2 Å². The van der Waals surface area contributed by atoms with Gasteiger partial charge < -0.3 is 10.0 Å². The summed E-state index contributed by atoms with van der Waals surface area (Å²) >= 11 is 1.73. The normalized spacial score (nSPS) is 20.4. The first-order valence-electron chi connectivity index (χ1n) is 3.80. The fourth-order valence-electron chi connectivity index (χ4n) is 0.973. The Morgan fingerprint density at radius 3 is 3.00 bits per heavy atom. The Balaban J connectivity index is 2.39. The maximum absolute atomic E-state index is 11.2. The van der Waals surface area contributed by atoms with Crippen molar-refractivity contribution in [1.29, 1.82) is 0 Å². The maximum Gasteiger partial charge on any atom is 0.252 e. The summed E-state index contributed by atoms with van der Waals surface area (Å²) in [6.45, 7) is 2.60. The fourth-order valence-corrected chi connectivity index (χ4v) is 1.93. The Hall–Kier alpha value is -0.220. The number of thioether (sulfide) groups is 1. The zero-order chi connectivity index (χ0) is 8.27. The van der Waals surface area contributed by atoms with Crippen molar-refractivity contribution in [3.63, 3.8) is 0 Å². The summed E-state index contributed by atoms with van der Waals surface area (Å²) in [4.78, 5) is 12.9. The van der Waals surface area contributed by atoms with Crippen LogP contribution in [0.25, 0.3) is 0 Å². The SMILES string of the molecule is CCC(O)C(=O)N1CCSC1. The van der Waals surface area contributed by atoms with Crippen molar-refractivity contribution in [1.82, 2.24) is 4.90 Å². The topological polar surface area (TPSA) is 40.5 Å². The summed E-state index contributed by atoms with van der Waals surface area (Å²) in [7, 11) is 0. The van der Waals surface area contributed by atoms with Gasteiger partial charge in [0.15, 0.2) is 0 Å². The van der Waals surface area contributed by atoms with Crippen LogP contribution in [0.1, 0.15) is 13.3 Å². The third kappa shape index (κ3) is 2.10. The number of aliphatic hydroxyl groups excluding tert-OH is 1. The van der Waals surface area contributed by atoms with Crippen LogP contribution in [0, 0.1) is 0 Å². The molecular weight excluding hydrogens is 162 g/mol. The van der Waals surface area contributed by atoms with Crippen molar-refractivity contribution >= 4 is 17.7 Å². The van der Waals surface area contributed by atoms with Gasteiger partial charge in [-0.15, -0.1) is 11.8 Å². The second-order valence-corrected chi connectivity index (χ2v) is 3.64. The Labute approximate surface area is 70.8 Å². The second kappa shape index (κ2) is 3.97. The summed E-state index contributed by atoms with van der Waals surface area (Å²) in [5, 5.41) is 9.19. The Morgan fingerprint density at radius 2 is 2.55 bits per heavy atom. The Morgan fingerprint density at radius 1 is 1.82 bits per heavy atom. The van der Waals surface area contributed by atoms with Crippen LogP contribution in [0.5, 0.6) is 0 Å². The van der Waals surface area contributed by atoms with Gasteiger partial charge in [0.1, 0.15) is 6.10 Å². The molecule has 1 heterocycles. The van der Waals surface area contributed by atoms with E-state index in [1.54, 1.807) is 16.7 Å². The van der Waals surface area contributed by atoms with E-state index in [0.29, 0.717) is 6.42 Å². The van der Waals surface area contributed by atoms with Crippen LogP contribution >= 0.6 is 11.8 Å². The van der Waals surface area contributed by atoms with Crippen LogP contribution in [0.3, 0.4) is 0 Å². The van der Waals surface area contributed by atoms with E-state index in [9.17, 15) is 9.90 Å². The molecule has 1 aliphatic rings. The van der Waals surface area contributed by atoms with E-state index in [-0.39, 0.29) is 5.91 Å². The van der Waals surface area contributed by atoms with E-state index in [2.05, 4.69) is 0 Å². The minimum absolute atomic E-state index is 0.113. The van der Waals surface area contributed by atoms with E-state index in [1.165, 1.54) is 0 Å². The molecule has 64 valence electrons. The molecule has 0 aromatic heterocycles. The highest BCUT2D eigenvalue weighted by Gasteiger charge is 2.23. The van der Waals surface area contributed by atoms with Gasteiger partial charge in [-0.3, -0.25) is 4.79 Å². The number of nitrogens with zero attached hydrogens (tertiary/aromatic N) is 1. The lowest BCUT2D eigenvalue weighted by Crippen LogP contribution is -2.36. The second-order valence-electron chi connectivity index (χ2n) is 2.56. The molecule has 0 radical (unpaired) electrons. The average molecular weight is 175 g/mol. The lowest BCUT2D eigenvalue weighted by molar-refractivity contribution is -0.138. The maximum atomic E-state index is 11.2. The number of carbonyl (C=O) groups excluding carboxylic acids is 1. The predicted octanol–water partition coefficient (Wildman–Crippen LogP) is 0.290. The van der Waals surface area contributed by atoms with Gasteiger partial charge in [0.05, 0.1) is 5.88 Å². The van der Waals surface area contributed by atoms with Crippen molar-refractivity contribution in [2.45, 2.75) is 19.4 Å². The van der Waals surface area contributed by atoms with E-state index < -0.39 is 6.10 Å². The fraction of sp³-hybridized carbons (Fsp3) is 0.857. The molecule has 1 amide bonds. The minimum Gasteiger partial charge on any atom is -0.383 e. The number of rotatable bonds is 2. The van der Waals surface area contributed by atoms with Crippen LogP contribution < -0.4 is 0 Å². The molecule has 0 bridgehead atoms. The summed E-state index contributed by atoms with van der Waals surface area (Å²) in [6, 6.07) is 0. The van der Waals surface area contributed by atoms with Crippen LogP contribution in [0.15, 0.2) is 0 Å². The van der Waals surface area contributed by atoms with Crippen molar-refractivity contribution in [2.24, 2.45) is 0 Å². The zero-order valence-corrected chi connectivity index (χ0v) is 7.43. The first-order valence-corrected chi connectivity index (χ1v) is 4.95. The number of aliphatic hydroxyl groups is 1. The van der Waals surface area contributed by atoms with Crippen LogP contribution in [0.2, 0.25) is 0 Å². The van der Waals surface area contributed by atoms with Gasteiger partial charge in [0.2, 0.25) is 0 Å². The molecule has 1 rings (SSSR count). The highest BCUT2D eigenvalue weighted by atomic mass is 32.2. The molecule has 11 heavy (non-hydrogen) atoms. The third-order valence-corrected chi connectivity index (χ3v) is 2.70. The monoisotopic (exact) mass is 175 g/mol. The standard InChI is InChI=1S/C7H13NO2S/c1-2-6(9)7(10)8-3-4-11-5-8/h6,9H,2-5H2,1H3. The molecule has 1 saturated heterocycles. The largest absolute Gasteiger partial charge is 0.383 e. The first-order chi connectivity index (χ1) is 5.25. The molecule has 1 fully saturated rings. The van der Waals surface area contributed by atoms with E-state index in [0.717, 1.165) is 18.2 Å². The molecule has 4 heteroatoms. The highest BCUT2D eigenvalue weighted by Crippen LogP contribution is 2.14. The number of amides is 1. The zero-order valence-electron chi connectivity index (χ0n) is 6.62. The van der Waals surface area contributed by atoms with Gasteiger partial charge in [-0.2, -0.15) is 0 Å². The number of hydrogen-bond acceptors (Lipinski definition) is 3. The average Bonchev–Trinajstić information content (AvgIpc) is 2.53. The molecule has 0 spiro atoms. The summed E-state index contributed by atoms with van der Waals surface area (Å²) in [5.74, 6) is 1.63. The number of hydrogen-bond donors (Lipinski definition) is 1. The van der Waals surface area contributed by atoms with Gasteiger partial charge in [-0.25, -0.2) is 0 Å². The lowest BCUT2D eigenvalue weighted by atomic mass is 10.2. The summed E-state index contributed by atoms with van der Waals surface area (Å²) in [5.41, 5.74) is 0. The van der Waals surface area contributed by atoms with Gasteiger partial charge >= 0.3 is 0 Å². The summed E-state index contributed by atoms with van der Waals surface area (Å²) < 4.78 is 0. The minimum atomic E-state index is -0.784. The summed E-state index contributed by atoms with van der Waals surface area (Å²) in [6.07, 6.45) is -0.270. The highest BCUT2D eigenvalue weighted by molar-refractivity contribution is 7.99. The van der Waals surface area contributed by atoms with Crippen LogP contribution in [-0.4, -0.2) is 40.2 Å². The van der Waals surface area contributed by atoms with E-state index in [4.69, 9.17) is 0 Å². The molecule has 1 atom stereocenters. The third-order valence-electron chi connectivity index (χ3n) is 1.74. The van der Waals surface area contributed by atoms with Crippen molar-refractivity contribution in [3.8, 4) is 0 Å². The van der Waals surface area contributed by atoms with E-state index >= 15 is 0 Å². The van der Waals surface area contributed by atoms with E-state index in [1.807, 2.05) is 6.92 Å². The molecule has 0 saturated carbocycles. The van der Waals surface area contributed by atoms with Crippen molar-refractivity contribution < 1.29 is 9.90 Å².